The number of guanidine groups is 1. The molecule has 2 aliphatic rings. The second-order valence-electron chi connectivity index (χ2n) is 8.72. The molecule has 0 radical (unpaired) electrons. The van der Waals surface area contributed by atoms with Crippen LogP contribution in [0.4, 0.5) is 5.82 Å². The van der Waals surface area contributed by atoms with Gasteiger partial charge in [-0.15, -0.1) is 0 Å². The van der Waals surface area contributed by atoms with Crippen molar-refractivity contribution in [3.63, 3.8) is 0 Å². The summed E-state index contributed by atoms with van der Waals surface area (Å²) in [7, 11) is 1.84. The van der Waals surface area contributed by atoms with Gasteiger partial charge in [0.2, 0.25) is 0 Å². The minimum absolute atomic E-state index is 0.0553. The average Bonchev–Trinajstić information content (AvgIpc) is 2.80. The molecule has 1 aromatic heterocycles. The molecule has 1 aromatic carbocycles. The summed E-state index contributed by atoms with van der Waals surface area (Å²) in [5.41, 5.74) is 4.95. The van der Waals surface area contributed by atoms with Crippen molar-refractivity contribution in [2.75, 3.05) is 51.3 Å². The quantitative estimate of drug-likeness (QED) is 0.586. The minimum Gasteiger partial charge on any atom is -0.375 e. The first kappa shape index (κ1) is 22.6. The van der Waals surface area contributed by atoms with E-state index in [0.717, 1.165) is 50.1 Å². The van der Waals surface area contributed by atoms with Crippen LogP contribution < -0.4 is 10.2 Å². The molecule has 2 unspecified atom stereocenters. The Morgan fingerprint density at radius 2 is 1.97 bits per heavy atom. The van der Waals surface area contributed by atoms with Gasteiger partial charge in [-0.1, -0.05) is 29.8 Å². The Balaban J connectivity index is 1.35. The number of aliphatic imine (C=N–C) groups is 1. The van der Waals surface area contributed by atoms with Crippen molar-refractivity contribution in [3.8, 4) is 0 Å². The van der Waals surface area contributed by atoms with Gasteiger partial charge in [-0.3, -0.25) is 4.99 Å². The predicted molar refractivity (Wildman–Crippen MR) is 128 cm³/mol. The van der Waals surface area contributed by atoms with E-state index in [9.17, 15) is 0 Å². The van der Waals surface area contributed by atoms with Crippen molar-refractivity contribution >= 4 is 11.8 Å². The molecular weight excluding hydrogens is 402 g/mol. The molecule has 0 spiro atoms. The molecule has 0 saturated carbocycles. The Labute approximate surface area is 191 Å². The summed E-state index contributed by atoms with van der Waals surface area (Å²) in [5.74, 6) is 1.91. The third-order valence-corrected chi connectivity index (χ3v) is 6.17. The normalized spacial score (nSPS) is 22.2. The highest BCUT2D eigenvalue weighted by Gasteiger charge is 2.25. The number of anilines is 1. The summed E-state index contributed by atoms with van der Waals surface area (Å²) < 4.78 is 11.7. The molecule has 2 atom stereocenters. The fraction of sp³-hybridized carbons (Fsp3) is 0.520. The largest absolute Gasteiger partial charge is 0.375 e. The summed E-state index contributed by atoms with van der Waals surface area (Å²) in [5, 5.41) is 3.50. The molecule has 4 rings (SSSR count). The van der Waals surface area contributed by atoms with Crippen LogP contribution in [0.2, 0.25) is 0 Å². The van der Waals surface area contributed by atoms with Crippen molar-refractivity contribution < 1.29 is 9.47 Å². The van der Waals surface area contributed by atoms with Gasteiger partial charge in [0, 0.05) is 39.4 Å². The van der Waals surface area contributed by atoms with Crippen LogP contribution in [-0.2, 0) is 16.0 Å². The van der Waals surface area contributed by atoms with Gasteiger partial charge in [0.15, 0.2) is 5.96 Å². The molecule has 172 valence electrons. The van der Waals surface area contributed by atoms with E-state index in [1.54, 1.807) is 0 Å². The summed E-state index contributed by atoms with van der Waals surface area (Å²) in [6, 6.07) is 10.8. The molecule has 3 heterocycles. The lowest BCUT2D eigenvalue weighted by Crippen LogP contribution is -2.48. The van der Waals surface area contributed by atoms with Gasteiger partial charge in [-0.2, -0.15) is 0 Å². The van der Waals surface area contributed by atoms with E-state index >= 15 is 0 Å². The van der Waals surface area contributed by atoms with Crippen LogP contribution in [0.25, 0.3) is 0 Å². The zero-order valence-electron chi connectivity index (χ0n) is 19.7. The number of nitrogens with one attached hydrogen (secondary N) is 1. The Morgan fingerprint density at radius 1 is 1.12 bits per heavy atom. The first-order valence-electron chi connectivity index (χ1n) is 11.5. The second-order valence-corrected chi connectivity index (χ2v) is 8.72. The standard InChI is InChI=1S/C25H35N5O2/c1-18-5-7-22(19(2)13-18)23-17-30(10-12-32-23)25(26-4)28-15-21-6-8-24(27-14-21)29-9-11-31-20(3)16-29/h5-8,13-14,20,23H,9-12,15-17H2,1-4H3,(H,26,28). The van der Waals surface area contributed by atoms with Gasteiger partial charge in [0.25, 0.3) is 0 Å². The van der Waals surface area contributed by atoms with Crippen LogP contribution in [0, 0.1) is 13.8 Å². The zero-order chi connectivity index (χ0) is 22.5. The smallest absolute Gasteiger partial charge is 0.194 e. The number of benzene rings is 1. The molecule has 2 fully saturated rings. The fourth-order valence-electron chi connectivity index (χ4n) is 4.46. The molecule has 7 heteroatoms. The van der Waals surface area contributed by atoms with Crippen LogP contribution in [0.1, 0.15) is 35.3 Å². The van der Waals surface area contributed by atoms with Gasteiger partial charge in [0.1, 0.15) is 11.9 Å². The lowest BCUT2D eigenvalue weighted by Gasteiger charge is -2.36. The van der Waals surface area contributed by atoms with Crippen molar-refractivity contribution in [1.82, 2.24) is 15.2 Å². The van der Waals surface area contributed by atoms with Crippen LogP contribution in [-0.4, -0.2) is 68.4 Å². The number of nitrogens with zero attached hydrogens (tertiary/aromatic N) is 4. The second kappa shape index (κ2) is 10.3. The minimum atomic E-state index is 0.0553. The Kier molecular flexibility index (Phi) is 7.27. The van der Waals surface area contributed by atoms with Gasteiger partial charge in [0.05, 0.1) is 25.9 Å². The molecule has 2 aromatic rings. The van der Waals surface area contributed by atoms with E-state index in [-0.39, 0.29) is 12.2 Å². The predicted octanol–water partition coefficient (Wildman–Crippen LogP) is 3.07. The monoisotopic (exact) mass is 437 g/mol. The number of aryl methyl sites for hydroxylation is 2. The number of hydrogen-bond donors (Lipinski definition) is 1. The molecule has 0 bridgehead atoms. The number of ether oxygens (including phenoxy) is 2. The van der Waals surface area contributed by atoms with E-state index in [1.807, 2.05) is 13.2 Å². The Hall–Kier alpha value is -2.64. The maximum absolute atomic E-state index is 6.10. The van der Waals surface area contributed by atoms with Crippen LogP contribution >= 0.6 is 0 Å². The Morgan fingerprint density at radius 3 is 2.69 bits per heavy atom. The summed E-state index contributed by atoms with van der Waals surface area (Å²) >= 11 is 0. The molecule has 2 aliphatic heterocycles. The molecule has 32 heavy (non-hydrogen) atoms. The van der Waals surface area contributed by atoms with E-state index in [1.165, 1.54) is 16.7 Å². The number of rotatable bonds is 4. The highest BCUT2D eigenvalue weighted by molar-refractivity contribution is 5.80. The van der Waals surface area contributed by atoms with E-state index in [2.05, 4.69) is 76.2 Å². The number of morpholine rings is 2. The van der Waals surface area contributed by atoms with E-state index in [0.29, 0.717) is 13.2 Å². The third kappa shape index (κ3) is 5.40. The molecule has 2 saturated heterocycles. The maximum atomic E-state index is 6.10. The molecule has 1 N–H and O–H groups in total. The number of aromatic nitrogens is 1. The Bertz CT molecular complexity index is 930. The van der Waals surface area contributed by atoms with Gasteiger partial charge in [-0.05, 0) is 43.5 Å². The summed E-state index contributed by atoms with van der Waals surface area (Å²) in [6.45, 7) is 11.9. The molecule has 0 aliphatic carbocycles. The highest BCUT2D eigenvalue weighted by Crippen LogP contribution is 2.26. The summed E-state index contributed by atoms with van der Waals surface area (Å²) in [6.07, 6.45) is 2.25. The maximum Gasteiger partial charge on any atom is 0.194 e. The summed E-state index contributed by atoms with van der Waals surface area (Å²) in [4.78, 5) is 13.8. The lowest BCUT2D eigenvalue weighted by molar-refractivity contribution is -0.00834. The SMILES string of the molecule is CN=C(NCc1ccc(N2CCOC(C)C2)nc1)N1CCOC(c2ccc(C)cc2C)C1. The van der Waals surface area contributed by atoms with Crippen LogP contribution in [0.3, 0.4) is 0 Å². The number of hydrogen-bond acceptors (Lipinski definition) is 5. The molecule has 0 amide bonds. The highest BCUT2D eigenvalue weighted by atomic mass is 16.5. The van der Waals surface area contributed by atoms with Crippen molar-refractivity contribution in [2.24, 2.45) is 4.99 Å². The number of pyridine rings is 1. The third-order valence-electron chi connectivity index (χ3n) is 6.17. The topological polar surface area (TPSA) is 62.2 Å². The fourth-order valence-corrected chi connectivity index (χ4v) is 4.46. The first-order chi connectivity index (χ1) is 15.5. The molecular formula is C25H35N5O2. The molecule has 7 nitrogen and oxygen atoms in total. The first-order valence-corrected chi connectivity index (χ1v) is 11.5. The average molecular weight is 438 g/mol. The van der Waals surface area contributed by atoms with Crippen molar-refractivity contribution in [1.29, 1.82) is 0 Å². The van der Waals surface area contributed by atoms with Gasteiger partial charge >= 0.3 is 0 Å². The van der Waals surface area contributed by atoms with Gasteiger partial charge in [-0.25, -0.2) is 4.98 Å². The zero-order valence-corrected chi connectivity index (χ0v) is 19.7. The van der Waals surface area contributed by atoms with Crippen LogP contribution in [0.15, 0.2) is 41.5 Å². The van der Waals surface area contributed by atoms with Gasteiger partial charge < -0.3 is 24.6 Å². The van der Waals surface area contributed by atoms with Crippen molar-refractivity contribution in [2.45, 2.75) is 39.5 Å². The van der Waals surface area contributed by atoms with Crippen LogP contribution in [0.5, 0.6) is 0 Å². The lowest BCUT2D eigenvalue weighted by atomic mass is 10.00. The van der Waals surface area contributed by atoms with E-state index < -0.39 is 0 Å². The van der Waals surface area contributed by atoms with Crippen molar-refractivity contribution in [3.05, 3.63) is 58.8 Å². The van der Waals surface area contributed by atoms with E-state index in [4.69, 9.17) is 9.47 Å².